The Hall–Kier alpha value is -2.70. The molecule has 6 nitrogen and oxygen atoms in total. The van der Waals surface area contributed by atoms with Crippen molar-refractivity contribution in [2.24, 2.45) is 0 Å². The summed E-state index contributed by atoms with van der Waals surface area (Å²) < 4.78 is 18.2. The van der Waals surface area contributed by atoms with Crippen LogP contribution in [0.1, 0.15) is 17.3 Å². The molecule has 0 radical (unpaired) electrons. The lowest BCUT2D eigenvalue weighted by atomic mass is 10.2. The Kier molecular flexibility index (Phi) is 4.88. The summed E-state index contributed by atoms with van der Waals surface area (Å²) in [5, 5.41) is 8.19. The molecule has 24 heavy (non-hydrogen) atoms. The Morgan fingerprint density at radius 1 is 1.08 bits per heavy atom. The monoisotopic (exact) mass is 330 g/mol. The van der Waals surface area contributed by atoms with Crippen LogP contribution in [0, 0.1) is 5.82 Å². The Labute approximate surface area is 139 Å². The fourth-order valence-electron chi connectivity index (χ4n) is 2.62. The lowest BCUT2D eigenvalue weighted by Gasteiger charge is -2.35. The van der Waals surface area contributed by atoms with Gasteiger partial charge >= 0.3 is 0 Å². The summed E-state index contributed by atoms with van der Waals surface area (Å²) >= 11 is 0. The SMILES string of the molecule is CCOc1ccc(N2CCN(C(=O)c3ccc(F)cc3)CC2)nn1. The molecule has 1 saturated heterocycles. The number of nitrogens with zero attached hydrogens (tertiary/aromatic N) is 4. The van der Waals surface area contributed by atoms with Crippen LogP contribution in [0.2, 0.25) is 0 Å². The molecule has 1 aromatic heterocycles. The molecule has 0 bridgehead atoms. The van der Waals surface area contributed by atoms with Crippen molar-refractivity contribution in [1.82, 2.24) is 15.1 Å². The third-order valence-corrected chi connectivity index (χ3v) is 3.90. The number of benzene rings is 1. The molecule has 7 heteroatoms. The van der Waals surface area contributed by atoms with Crippen LogP contribution in [0.25, 0.3) is 0 Å². The molecule has 0 unspecified atom stereocenters. The molecule has 126 valence electrons. The van der Waals surface area contributed by atoms with Crippen molar-refractivity contribution in [2.75, 3.05) is 37.7 Å². The number of aromatic nitrogens is 2. The highest BCUT2D eigenvalue weighted by molar-refractivity contribution is 5.94. The molecule has 1 fully saturated rings. The second kappa shape index (κ2) is 7.25. The van der Waals surface area contributed by atoms with Gasteiger partial charge in [-0.1, -0.05) is 0 Å². The van der Waals surface area contributed by atoms with E-state index in [-0.39, 0.29) is 11.7 Å². The summed E-state index contributed by atoms with van der Waals surface area (Å²) in [6, 6.07) is 9.30. The van der Waals surface area contributed by atoms with Gasteiger partial charge in [0.05, 0.1) is 6.61 Å². The third kappa shape index (κ3) is 3.61. The number of carbonyl (C=O) groups is 1. The van der Waals surface area contributed by atoms with Crippen LogP contribution in [-0.2, 0) is 0 Å². The standard InChI is InChI=1S/C17H19FN4O2/c1-2-24-16-8-7-15(19-20-16)21-9-11-22(12-10-21)17(23)13-3-5-14(18)6-4-13/h3-8H,2,9-12H2,1H3. The number of rotatable bonds is 4. The highest BCUT2D eigenvalue weighted by atomic mass is 19.1. The lowest BCUT2D eigenvalue weighted by Crippen LogP contribution is -2.49. The molecule has 1 aliphatic heterocycles. The molecule has 0 aliphatic carbocycles. The van der Waals surface area contributed by atoms with Crippen molar-refractivity contribution in [1.29, 1.82) is 0 Å². The first-order chi connectivity index (χ1) is 11.7. The maximum Gasteiger partial charge on any atom is 0.253 e. The van der Waals surface area contributed by atoms with Crippen molar-refractivity contribution in [3.05, 3.63) is 47.8 Å². The zero-order valence-corrected chi connectivity index (χ0v) is 13.5. The minimum Gasteiger partial charge on any atom is -0.477 e. The first-order valence-corrected chi connectivity index (χ1v) is 7.93. The fourth-order valence-corrected chi connectivity index (χ4v) is 2.62. The summed E-state index contributed by atoms with van der Waals surface area (Å²) in [6.07, 6.45) is 0. The van der Waals surface area contributed by atoms with E-state index in [9.17, 15) is 9.18 Å². The van der Waals surface area contributed by atoms with E-state index in [1.54, 1.807) is 11.0 Å². The minimum atomic E-state index is -0.342. The zero-order chi connectivity index (χ0) is 16.9. The zero-order valence-electron chi connectivity index (χ0n) is 13.5. The summed E-state index contributed by atoms with van der Waals surface area (Å²) in [7, 11) is 0. The van der Waals surface area contributed by atoms with Crippen LogP contribution < -0.4 is 9.64 Å². The molecule has 2 aromatic rings. The van der Waals surface area contributed by atoms with Crippen molar-refractivity contribution in [3.8, 4) is 5.88 Å². The largest absolute Gasteiger partial charge is 0.477 e. The number of hydrogen-bond acceptors (Lipinski definition) is 5. The van der Waals surface area contributed by atoms with Crippen molar-refractivity contribution in [3.63, 3.8) is 0 Å². The molecule has 1 amide bonds. The normalized spacial score (nSPS) is 14.6. The summed E-state index contributed by atoms with van der Waals surface area (Å²) in [6.45, 7) is 4.98. The van der Waals surface area contributed by atoms with Crippen LogP contribution in [0.3, 0.4) is 0 Å². The second-order valence-electron chi connectivity index (χ2n) is 5.45. The third-order valence-electron chi connectivity index (χ3n) is 3.90. The molecule has 0 spiro atoms. The number of ether oxygens (including phenoxy) is 1. The topological polar surface area (TPSA) is 58.6 Å². The van der Waals surface area contributed by atoms with Gasteiger partial charge in [0.25, 0.3) is 5.91 Å². The number of amides is 1. The Balaban J connectivity index is 1.59. The van der Waals surface area contributed by atoms with E-state index in [0.29, 0.717) is 44.2 Å². The van der Waals surface area contributed by atoms with Gasteiger partial charge in [-0.15, -0.1) is 10.2 Å². The first kappa shape index (κ1) is 16.2. The minimum absolute atomic E-state index is 0.0765. The quantitative estimate of drug-likeness (QED) is 0.858. The van der Waals surface area contributed by atoms with Gasteiger partial charge in [-0.05, 0) is 37.3 Å². The number of piperazine rings is 1. The number of carbonyl (C=O) groups excluding carboxylic acids is 1. The van der Waals surface area contributed by atoms with Crippen LogP contribution in [0.4, 0.5) is 10.2 Å². The van der Waals surface area contributed by atoms with E-state index in [2.05, 4.69) is 15.1 Å². The van der Waals surface area contributed by atoms with E-state index in [1.807, 2.05) is 13.0 Å². The molecule has 2 heterocycles. The molecular weight excluding hydrogens is 311 g/mol. The lowest BCUT2D eigenvalue weighted by molar-refractivity contribution is 0.0746. The highest BCUT2D eigenvalue weighted by Gasteiger charge is 2.23. The van der Waals surface area contributed by atoms with Crippen LogP contribution >= 0.6 is 0 Å². The average molecular weight is 330 g/mol. The smallest absolute Gasteiger partial charge is 0.253 e. The van der Waals surface area contributed by atoms with E-state index >= 15 is 0 Å². The predicted octanol–water partition coefficient (Wildman–Crippen LogP) is 1.98. The van der Waals surface area contributed by atoms with Crippen LogP contribution in [-0.4, -0.2) is 53.8 Å². The molecule has 0 atom stereocenters. The van der Waals surface area contributed by atoms with Gasteiger partial charge in [0.2, 0.25) is 5.88 Å². The van der Waals surface area contributed by atoms with E-state index in [4.69, 9.17) is 4.74 Å². The summed E-state index contributed by atoms with van der Waals surface area (Å²) in [5.41, 5.74) is 0.505. The Morgan fingerprint density at radius 3 is 2.38 bits per heavy atom. The predicted molar refractivity (Wildman–Crippen MR) is 87.7 cm³/mol. The van der Waals surface area contributed by atoms with Gasteiger partial charge in [0.15, 0.2) is 5.82 Å². The van der Waals surface area contributed by atoms with Crippen molar-refractivity contribution in [2.45, 2.75) is 6.92 Å². The molecule has 3 rings (SSSR count). The average Bonchev–Trinajstić information content (AvgIpc) is 2.63. The molecule has 0 N–H and O–H groups in total. The van der Waals surface area contributed by atoms with E-state index in [1.165, 1.54) is 24.3 Å². The fraction of sp³-hybridized carbons (Fsp3) is 0.353. The van der Waals surface area contributed by atoms with Gasteiger partial charge in [-0.25, -0.2) is 4.39 Å². The van der Waals surface area contributed by atoms with Gasteiger partial charge in [0.1, 0.15) is 5.82 Å². The maximum absolute atomic E-state index is 13.0. The molecule has 0 saturated carbocycles. The first-order valence-electron chi connectivity index (χ1n) is 7.93. The van der Waals surface area contributed by atoms with E-state index < -0.39 is 0 Å². The summed E-state index contributed by atoms with van der Waals surface area (Å²) in [5.74, 6) is 0.858. The van der Waals surface area contributed by atoms with Crippen molar-refractivity contribution >= 4 is 11.7 Å². The summed E-state index contributed by atoms with van der Waals surface area (Å²) in [4.78, 5) is 16.3. The van der Waals surface area contributed by atoms with Crippen LogP contribution in [0.15, 0.2) is 36.4 Å². The second-order valence-corrected chi connectivity index (χ2v) is 5.45. The molecular formula is C17H19FN4O2. The van der Waals surface area contributed by atoms with Gasteiger partial charge < -0.3 is 14.5 Å². The number of anilines is 1. The number of hydrogen-bond donors (Lipinski definition) is 0. The number of halogens is 1. The maximum atomic E-state index is 13.0. The highest BCUT2D eigenvalue weighted by Crippen LogP contribution is 2.16. The van der Waals surface area contributed by atoms with Crippen LogP contribution in [0.5, 0.6) is 5.88 Å². The Bertz CT molecular complexity index is 683. The van der Waals surface area contributed by atoms with Gasteiger partial charge in [-0.3, -0.25) is 4.79 Å². The van der Waals surface area contributed by atoms with E-state index in [0.717, 1.165) is 5.82 Å². The van der Waals surface area contributed by atoms with Gasteiger partial charge in [-0.2, -0.15) is 0 Å². The molecule has 1 aromatic carbocycles. The Morgan fingerprint density at radius 2 is 1.79 bits per heavy atom. The van der Waals surface area contributed by atoms with Gasteiger partial charge in [0, 0.05) is 37.8 Å². The molecule has 1 aliphatic rings. The van der Waals surface area contributed by atoms with Crippen molar-refractivity contribution < 1.29 is 13.9 Å².